The summed E-state index contributed by atoms with van der Waals surface area (Å²) in [6, 6.07) is 17.1. The second-order valence-electron chi connectivity index (χ2n) is 4.56. The van der Waals surface area contributed by atoms with E-state index in [0.29, 0.717) is 29.8 Å². The van der Waals surface area contributed by atoms with Gasteiger partial charge in [0.2, 0.25) is 0 Å². The Morgan fingerprint density at radius 3 is 2.45 bits per heavy atom. The SMILES string of the molecule is NCCn1c(-c2ccccc2)nc2ccccc2c1=O. The minimum Gasteiger partial charge on any atom is -0.329 e. The Morgan fingerprint density at radius 1 is 1.00 bits per heavy atom. The van der Waals surface area contributed by atoms with Gasteiger partial charge in [-0.2, -0.15) is 0 Å². The lowest BCUT2D eigenvalue weighted by atomic mass is 10.2. The Hall–Kier alpha value is -2.46. The van der Waals surface area contributed by atoms with Crippen LogP contribution in [0.3, 0.4) is 0 Å². The molecule has 20 heavy (non-hydrogen) atoms. The van der Waals surface area contributed by atoms with Crippen LogP contribution in [-0.4, -0.2) is 16.1 Å². The van der Waals surface area contributed by atoms with Crippen molar-refractivity contribution in [3.63, 3.8) is 0 Å². The number of benzene rings is 2. The highest BCUT2D eigenvalue weighted by Crippen LogP contribution is 2.18. The van der Waals surface area contributed by atoms with Crippen molar-refractivity contribution in [3.05, 3.63) is 65.0 Å². The van der Waals surface area contributed by atoms with Crippen molar-refractivity contribution in [3.8, 4) is 11.4 Å². The summed E-state index contributed by atoms with van der Waals surface area (Å²) in [5.74, 6) is 0.666. The summed E-state index contributed by atoms with van der Waals surface area (Å²) in [7, 11) is 0. The maximum absolute atomic E-state index is 12.6. The third-order valence-corrected chi connectivity index (χ3v) is 3.25. The van der Waals surface area contributed by atoms with Crippen molar-refractivity contribution in [1.82, 2.24) is 9.55 Å². The fourth-order valence-electron chi connectivity index (χ4n) is 2.31. The molecule has 3 aromatic rings. The zero-order valence-corrected chi connectivity index (χ0v) is 11.0. The van der Waals surface area contributed by atoms with Crippen LogP contribution in [0.4, 0.5) is 0 Å². The van der Waals surface area contributed by atoms with E-state index in [0.717, 1.165) is 5.56 Å². The number of fused-ring (bicyclic) bond motifs is 1. The van der Waals surface area contributed by atoms with Crippen LogP contribution >= 0.6 is 0 Å². The zero-order chi connectivity index (χ0) is 13.9. The molecule has 0 amide bonds. The smallest absolute Gasteiger partial charge is 0.261 e. The monoisotopic (exact) mass is 265 g/mol. The first-order valence-electron chi connectivity index (χ1n) is 6.56. The molecular weight excluding hydrogens is 250 g/mol. The maximum atomic E-state index is 12.6. The Labute approximate surface area is 116 Å². The van der Waals surface area contributed by atoms with Crippen molar-refractivity contribution in [2.45, 2.75) is 6.54 Å². The number of para-hydroxylation sites is 1. The molecule has 0 aliphatic heterocycles. The summed E-state index contributed by atoms with van der Waals surface area (Å²) in [6.45, 7) is 0.862. The van der Waals surface area contributed by atoms with Crippen molar-refractivity contribution in [2.24, 2.45) is 5.73 Å². The van der Waals surface area contributed by atoms with Gasteiger partial charge in [0, 0.05) is 18.7 Å². The number of aromatic nitrogens is 2. The van der Waals surface area contributed by atoms with Gasteiger partial charge in [0.25, 0.3) is 5.56 Å². The van der Waals surface area contributed by atoms with E-state index in [1.165, 1.54) is 0 Å². The number of rotatable bonds is 3. The van der Waals surface area contributed by atoms with E-state index >= 15 is 0 Å². The fraction of sp³-hybridized carbons (Fsp3) is 0.125. The average Bonchev–Trinajstić information content (AvgIpc) is 2.51. The van der Waals surface area contributed by atoms with Gasteiger partial charge in [-0.1, -0.05) is 42.5 Å². The van der Waals surface area contributed by atoms with Crippen LogP contribution in [0.15, 0.2) is 59.4 Å². The summed E-state index contributed by atoms with van der Waals surface area (Å²) in [6.07, 6.45) is 0. The molecule has 0 aliphatic carbocycles. The zero-order valence-electron chi connectivity index (χ0n) is 11.0. The van der Waals surface area contributed by atoms with Gasteiger partial charge in [-0.15, -0.1) is 0 Å². The van der Waals surface area contributed by atoms with Crippen molar-refractivity contribution in [1.29, 1.82) is 0 Å². The molecule has 4 heteroatoms. The van der Waals surface area contributed by atoms with Gasteiger partial charge in [-0.05, 0) is 12.1 Å². The largest absolute Gasteiger partial charge is 0.329 e. The number of nitrogens with zero attached hydrogens (tertiary/aromatic N) is 2. The van der Waals surface area contributed by atoms with Crippen LogP contribution in [0.25, 0.3) is 22.3 Å². The highest BCUT2D eigenvalue weighted by atomic mass is 16.1. The summed E-state index contributed by atoms with van der Waals surface area (Å²) < 4.78 is 1.65. The quantitative estimate of drug-likeness (QED) is 0.788. The van der Waals surface area contributed by atoms with Gasteiger partial charge in [-0.25, -0.2) is 4.98 Å². The van der Waals surface area contributed by atoms with Gasteiger partial charge in [0.05, 0.1) is 10.9 Å². The molecular formula is C16H15N3O. The van der Waals surface area contributed by atoms with Gasteiger partial charge in [-0.3, -0.25) is 9.36 Å². The van der Waals surface area contributed by atoms with Crippen LogP contribution in [0.1, 0.15) is 0 Å². The summed E-state index contributed by atoms with van der Waals surface area (Å²) in [4.78, 5) is 17.2. The topological polar surface area (TPSA) is 60.9 Å². The standard InChI is InChI=1S/C16H15N3O/c17-10-11-19-15(12-6-2-1-3-7-12)18-14-9-5-4-8-13(14)16(19)20/h1-9H,10-11,17H2. The lowest BCUT2D eigenvalue weighted by Crippen LogP contribution is -2.26. The van der Waals surface area contributed by atoms with Gasteiger partial charge >= 0.3 is 0 Å². The van der Waals surface area contributed by atoms with Gasteiger partial charge in [0.1, 0.15) is 5.82 Å². The molecule has 0 fully saturated rings. The first-order valence-corrected chi connectivity index (χ1v) is 6.56. The normalized spacial score (nSPS) is 10.8. The van der Waals surface area contributed by atoms with Crippen molar-refractivity contribution in [2.75, 3.05) is 6.54 Å². The summed E-state index contributed by atoms with van der Waals surface area (Å²) in [5.41, 5.74) is 7.22. The van der Waals surface area contributed by atoms with Crippen LogP contribution in [0, 0.1) is 0 Å². The van der Waals surface area contributed by atoms with E-state index in [2.05, 4.69) is 4.98 Å². The minimum absolute atomic E-state index is 0.0418. The lowest BCUT2D eigenvalue weighted by molar-refractivity contribution is 0.682. The molecule has 0 saturated carbocycles. The van der Waals surface area contributed by atoms with Gasteiger partial charge < -0.3 is 5.73 Å². The maximum Gasteiger partial charge on any atom is 0.261 e. The molecule has 0 aliphatic rings. The second kappa shape index (κ2) is 5.27. The molecule has 100 valence electrons. The summed E-state index contributed by atoms with van der Waals surface area (Å²) in [5, 5.41) is 0.626. The third-order valence-electron chi connectivity index (χ3n) is 3.25. The molecule has 2 N–H and O–H groups in total. The highest BCUT2D eigenvalue weighted by molar-refractivity contribution is 5.79. The van der Waals surface area contributed by atoms with E-state index in [-0.39, 0.29) is 5.56 Å². The number of hydrogen-bond acceptors (Lipinski definition) is 3. The van der Waals surface area contributed by atoms with Crippen LogP contribution in [0.5, 0.6) is 0 Å². The predicted octanol–water partition coefficient (Wildman–Crippen LogP) is 2.02. The van der Waals surface area contributed by atoms with Crippen LogP contribution < -0.4 is 11.3 Å². The Kier molecular flexibility index (Phi) is 3.31. The fourth-order valence-corrected chi connectivity index (χ4v) is 2.31. The Morgan fingerprint density at radius 2 is 1.70 bits per heavy atom. The van der Waals surface area contributed by atoms with E-state index in [1.54, 1.807) is 10.6 Å². The van der Waals surface area contributed by atoms with Crippen LogP contribution in [-0.2, 0) is 6.54 Å². The van der Waals surface area contributed by atoms with E-state index in [1.807, 2.05) is 48.5 Å². The molecule has 1 heterocycles. The first kappa shape index (κ1) is 12.6. The first-order chi connectivity index (χ1) is 9.81. The molecule has 4 nitrogen and oxygen atoms in total. The number of nitrogens with two attached hydrogens (primary N) is 1. The molecule has 0 unspecified atom stereocenters. The molecule has 0 bridgehead atoms. The minimum atomic E-state index is -0.0418. The Bertz CT molecular complexity index is 794. The molecule has 3 rings (SSSR count). The Balaban J connectivity index is 2.35. The third kappa shape index (κ3) is 2.10. The molecule has 0 atom stereocenters. The van der Waals surface area contributed by atoms with E-state index in [9.17, 15) is 4.79 Å². The second-order valence-corrected chi connectivity index (χ2v) is 4.56. The lowest BCUT2D eigenvalue weighted by Gasteiger charge is -2.12. The van der Waals surface area contributed by atoms with E-state index < -0.39 is 0 Å². The molecule has 2 aromatic carbocycles. The van der Waals surface area contributed by atoms with Gasteiger partial charge in [0.15, 0.2) is 0 Å². The average molecular weight is 265 g/mol. The van der Waals surface area contributed by atoms with Crippen molar-refractivity contribution < 1.29 is 0 Å². The number of hydrogen-bond donors (Lipinski definition) is 1. The molecule has 0 saturated heterocycles. The predicted molar refractivity (Wildman–Crippen MR) is 80.5 cm³/mol. The summed E-state index contributed by atoms with van der Waals surface area (Å²) >= 11 is 0. The molecule has 0 radical (unpaired) electrons. The van der Waals surface area contributed by atoms with Crippen LogP contribution in [0.2, 0.25) is 0 Å². The highest BCUT2D eigenvalue weighted by Gasteiger charge is 2.11. The van der Waals surface area contributed by atoms with E-state index in [4.69, 9.17) is 5.73 Å². The molecule has 0 spiro atoms. The van der Waals surface area contributed by atoms with Crippen molar-refractivity contribution >= 4 is 10.9 Å². The molecule has 1 aromatic heterocycles.